The molecule has 1 amide bonds. The molecule has 4 nitrogen and oxygen atoms in total. The number of benzene rings is 2. The summed E-state index contributed by atoms with van der Waals surface area (Å²) in [5.41, 5.74) is 5.11. The lowest BCUT2D eigenvalue weighted by Gasteiger charge is -2.16. The van der Waals surface area contributed by atoms with Gasteiger partial charge in [-0.05, 0) is 54.9 Å². The summed E-state index contributed by atoms with van der Waals surface area (Å²) in [7, 11) is 1.70. The van der Waals surface area contributed by atoms with Crippen molar-refractivity contribution >= 4 is 5.91 Å². The molecular weight excluding hydrogens is 324 g/mol. The first-order valence-electron chi connectivity index (χ1n) is 9.52. The maximum absolute atomic E-state index is 12.6. The second-order valence-corrected chi connectivity index (χ2v) is 7.26. The molecule has 0 spiro atoms. The van der Waals surface area contributed by atoms with Crippen molar-refractivity contribution in [1.82, 2.24) is 10.6 Å². The van der Waals surface area contributed by atoms with Gasteiger partial charge in [-0.3, -0.25) is 10.1 Å². The Labute approximate surface area is 155 Å². The van der Waals surface area contributed by atoms with Gasteiger partial charge in [-0.1, -0.05) is 36.4 Å². The predicted octanol–water partition coefficient (Wildman–Crippen LogP) is 3.29. The molecule has 26 heavy (non-hydrogen) atoms. The summed E-state index contributed by atoms with van der Waals surface area (Å²) in [6.07, 6.45) is 5.33. The number of aryl methyl sites for hydroxylation is 2. The summed E-state index contributed by atoms with van der Waals surface area (Å²) in [5, 5.41) is 6.57. The van der Waals surface area contributed by atoms with Gasteiger partial charge in [-0.2, -0.15) is 0 Å². The van der Waals surface area contributed by atoms with Crippen LogP contribution in [0, 0.1) is 0 Å². The van der Waals surface area contributed by atoms with Crippen LogP contribution in [0.3, 0.4) is 0 Å². The van der Waals surface area contributed by atoms with Crippen LogP contribution >= 0.6 is 0 Å². The summed E-state index contributed by atoms with van der Waals surface area (Å²) in [5.74, 6) is 0.957. The van der Waals surface area contributed by atoms with E-state index in [1.165, 1.54) is 23.1 Å². The molecule has 1 aliphatic heterocycles. The number of rotatable bonds is 5. The van der Waals surface area contributed by atoms with Crippen LogP contribution < -0.4 is 15.4 Å². The van der Waals surface area contributed by atoms with Gasteiger partial charge in [0.1, 0.15) is 5.75 Å². The SMILES string of the molecule is COc1cc2c(cc1CNC(=O)[C@H]1CC[C@H](c3ccccc3)N1)CCC2. The Morgan fingerprint density at radius 1 is 1.15 bits per heavy atom. The van der Waals surface area contributed by atoms with E-state index < -0.39 is 0 Å². The third-order valence-corrected chi connectivity index (χ3v) is 5.61. The first kappa shape index (κ1) is 17.1. The minimum atomic E-state index is -0.124. The van der Waals surface area contributed by atoms with Crippen molar-refractivity contribution in [2.24, 2.45) is 0 Å². The fraction of sp³-hybridized carbons (Fsp3) is 0.409. The summed E-state index contributed by atoms with van der Waals surface area (Å²) in [6, 6.07) is 14.8. The fourth-order valence-electron chi connectivity index (χ4n) is 4.18. The number of ether oxygens (including phenoxy) is 1. The average Bonchev–Trinajstić information content (AvgIpc) is 3.35. The molecule has 1 fully saturated rings. The maximum Gasteiger partial charge on any atom is 0.237 e. The van der Waals surface area contributed by atoms with Crippen LogP contribution in [0.2, 0.25) is 0 Å². The Bertz CT molecular complexity index is 788. The molecule has 4 rings (SSSR count). The summed E-state index contributed by atoms with van der Waals surface area (Å²) >= 11 is 0. The Kier molecular flexibility index (Phi) is 4.93. The van der Waals surface area contributed by atoms with Gasteiger partial charge in [-0.25, -0.2) is 0 Å². The van der Waals surface area contributed by atoms with Crippen LogP contribution in [-0.2, 0) is 24.2 Å². The van der Waals surface area contributed by atoms with Crippen molar-refractivity contribution in [3.8, 4) is 5.75 Å². The highest BCUT2D eigenvalue weighted by molar-refractivity contribution is 5.82. The molecule has 1 aliphatic carbocycles. The first-order chi connectivity index (χ1) is 12.7. The number of hydrogen-bond acceptors (Lipinski definition) is 3. The average molecular weight is 350 g/mol. The van der Waals surface area contributed by atoms with E-state index in [-0.39, 0.29) is 18.0 Å². The summed E-state index contributed by atoms with van der Waals surface area (Å²) in [6.45, 7) is 0.517. The number of carbonyl (C=O) groups is 1. The number of hydrogen-bond donors (Lipinski definition) is 2. The van der Waals surface area contributed by atoms with E-state index in [2.05, 4.69) is 34.9 Å². The molecule has 1 saturated heterocycles. The molecule has 2 atom stereocenters. The Balaban J connectivity index is 1.37. The second-order valence-electron chi connectivity index (χ2n) is 7.26. The van der Waals surface area contributed by atoms with Crippen LogP contribution in [0.25, 0.3) is 0 Å². The summed E-state index contributed by atoms with van der Waals surface area (Å²) < 4.78 is 5.54. The lowest BCUT2D eigenvalue weighted by Crippen LogP contribution is -2.40. The third kappa shape index (κ3) is 3.47. The van der Waals surface area contributed by atoms with E-state index in [4.69, 9.17) is 4.74 Å². The second kappa shape index (κ2) is 7.50. The molecule has 0 saturated carbocycles. The zero-order chi connectivity index (χ0) is 17.9. The smallest absolute Gasteiger partial charge is 0.237 e. The van der Waals surface area contributed by atoms with Crippen LogP contribution in [0.15, 0.2) is 42.5 Å². The van der Waals surface area contributed by atoms with E-state index in [1.807, 2.05) is 18.2 Å². The molecule has 2 aliphatic rings. The van der Waals surface area contributed by atoms with Gasteiger partial charge in [0.15, 0.2) is 0 Å². The van der Waals surface area contributed by atoms with E-state index in [0.717, 1.165) is 37.0 Å². The Hall–Kier alpha value is -2.33. The third-order valence-electron chi connectivity index (χ3n) is 5.61. The highest BCUT2D eigenvalue weighted by Gasteiger charge is 2.29. The van der Waals surface area contributed by atoms with E-state index in [1.54, 1.807) is 7.11 Å². The van der Waals surface area contributed by atoms with Crippen LogP contribution in [-0.4, -0.2) is 19.1 Å². The number of nitrogens with one attached hydrogen (secondary N) is 2. The molecule has 136 valence electrons. The van der Waals surface area contributed by atoms with Crippen molar-refractivity contribution in [3.63, 3.8) is 0 Å². The fourth-order valence-corrected chi connectivity index (χ4v) is 4.18. The molecule has 4 heteroatoms. The van der Waals surface area contributed by atoms with Crippen LogP contribution in [0.5, 0.6) is 5.75 Å². The molecular formula is C22H26N2O2. The van der Waals surface area contributed by atoms with Crippen molar-refractivity contribution < 1.29 is 9.53 Å². The van der Waals surface area contributed by atoms with Gasteiger partial charge >= 0.3 is 0 Å². The molecule has 0 radical (unpaired) electrons. The van der Waals surface area contributed by atoms with Crippen molar-refractivity contribution in [2.45, 2.75) is 50.7 Å². The predicted molar refractivity (Wildman–Crippen MR) is 102 cm³/mol. The quantitative estimate of drug-likeness (QED) is 0.870. The molecule has 2 N–H and O–H groups in total. The largest absolute Gasteiger partial charge is 0.496 e. The Morgan fingerprint density at radius 3 is 2.69 bits per heavy atom. The normalized spacial score (nSPS) is 21.4. The highest BCUT2D eigenvalue weighted by Crippen LogP contribution is 2.30. The molecule has 0 aromatic heterocycles. The van der Waals surface area contributed by atoms with Gasteiger partial charge in [0, 0.05) is 18.2 Å². The Morgan fingerprint density at radius 2 is 1.92 bits per heavy atom. The van der Waals surface area contributed by atoms with Gasteiger partial charge in [0.2, 0.25) is 5.91 Å². The van der Waals surface area contributed by atoms with Crippen molar-refractivity contribution in [3.05, 3.63) is 64.7 Å². The topological polar surface area (TPSA) is 50.4 Å². The standard InChI is InChI=1S/C22H26N2O2/c1-26-21-13-17-9-5-8-16(17)12-18(21)14-23-22(25)20-11-10-19(24-20)15-6-3-2-4-7-15/h2-4,6-7,12-13,19-20,24H,5,8-11,14H2,1H3,(H,23,25)/t19-,20-/m1/s1. The van der Waals surface area contributed by atoms with E-state index in [0.29, 0.717) is 6.54 Å². The van der Waals surface area contributed by atoms with Gasteiger partial charge < -0.3 is 10.1 Å². The van der Waals surface area contributed by atoms with E-state index in [9.17, 15) is 4.79 Å². The number of fused-ring (bicyclic) bond motifs is 1. The lowest BCUT2D eigenvalue weighted by molar-refractivity contribution is -0.123. The zero-order valence-electron chi connectivity index (χ0n) is 15.3. The minimum absolute atomic E-state index is 0.0750. The van der Waals surface area contributed by atoms with Gasteiger partial charge in [0.25, 0.3) is 0 Å². The van der Waals surface area contributed by atoms with Gasteiger partial charge in [-0.15, -0.1) is 0 Å². The van der Waals surface area contributed by atoms with E-state index >= 15 is 0 Å². The number of amides is 1. The molecule has 0 unspecified atom stereocenters. The molecule has 2 aromatic carbocycles. The number of methoxy groups -OCH3 is 1. The maximum atomic E-state index is 12.6. The zero-order valence-corrected chi connectivity index (χ0v) is 15.3. The molecule has 1 heterocycles. The molecule has 0 bridgehead atoms. The summed E-state index contributed by atoms with van der Waals surface area (Å²) in [4.78, 5) is 12.6. The van der Waals surface area contributed by atoms with Crippen molar-refractivity contribution in [2.75, 3.05) is 7.11 Å². The lowest BCUT2D eigenvalue weighted by atomic mass is 10.0. The highest BCUT2D eigenvalue weighted by atomic mass is 16.5. The van der Waals surface area contributed by atoms with Crippen LogP contribution in [0.4, 0.5) is 0 Å². The monoisotopic (exact) mass is 350 g/mol. The molecule has 2 aromatic rings. The van der Waals surface area contributed by atoms with Gasteiger partial charge in [0.05, 0.1) is 13.2 Å². The minimum Gasteiger partial charge on any atom is -0.496 e. The van der Waals surface area contributed by atoms with Crippen LogP contribution in [0.1, 0.15) is 47.6 Å². The van der Waals surface area contributed by atoms with Crippen molar-refractivity contribution in [1.29, 1.82) is 0 Å². The first-order valence-corrected chi connectivity index (χ1v) is 9.52. The number of carbonyl (C=O) groups excluding carboxylic acids is 1.